The average Bonchev–Trinajstić information content (AvgIpc) is 2.80. The second-order valence-corrected chi connectivity index (χ2v) is 7.28. The topological polar surface area (TPSA) is 48.5 Å². The number of amides is 1. The van der Waals surface area contributed by atoms with Crippen LogP contribution in [0.15, 0.2) is 79.0 Å². The number of pyridine rings is 1. The lowest BCUT2D eigenvalue weighted by atomic mass is 10.1. The first-order chi connectivity index (χ1) is 14.3. The maximum atomic E-state index is 12.2. The highest BCUT2D eigenvalue weighted by Crippen LogP contribution is 2.16. The zero-order valence-corrected chi connectivity index (χ0v) is 16.5. The number of nitrogens with zero attached hydrogens (tertiary/aromatic N) is 3. The van der Waals surface area contributed by atoms with Crippen molar-refractivity contribution in [2.24, 2.45) is 0 Å². The number of carbonyl (C=O) groups is 1. The van der Waals surface area contributed by atoms with E-state index in [1.807, 2.05) is 18.2 Å². The van der Waals surface area contributed by atoms with Gasteiger partial charge in [0, 0.05) is 50.3 Å². The molecule has 1 aliphatic rings. The Labute approximate surface area is 172 Å². The third-order valence-corrected chi connectivity index (χ3v) is 5.32. The molecule has 29 heavy (non-hydrogen) atoms. The van der Waals surface area contributed by atoms with Crippen LogP contribution in [0.3, 0.4) is 0 Å². The van der Waals surface area contributed by atoms with Gasteiger partial charge in [0.2, 0.25) is 0 Å². The van der Waals surface area contributed by atoms with E-state index in [0.717, 1.165) is 44.8 Å². The zero-order valence-electron chi connectivity index (χ0n) is 16.5. The minimum Gasteiger partial charge on any atom is -0.369 e. The summed E-state index contributed by atoms with van der Waals surface area (Å²) in [6, 6.07) is 24.1. The van der Waals surface area contributed by atoms with Gasteiger partial charge in [0.05, 0.1) is 0 Å². The predicted octanol–water partition coefficient (Wildman–Crippen LogP) is 3.70. The highest BCUT2D eigenvalue weighted by atomic mass is 16.1. The van der Waals surface area contributed by atoms with Crippen molar-refractivity contribution in [2.45, 2.75) is 6.42 Å². The van der Waals surface area contributed by atoms with Gasteiger partial charge in [-0.1, -0.05) is 36.4 Å². The van der Waals surface area contributed by atoms with Gasteiger partial charge >= 0.3 is 0 Å². The largest absolute Gasteiger partial charge is 0.369 e. The molecule has 1 saturated heterocycles. The molecule has 5 heteroatoms. The molecule has 0 atom stereocenters. The van der Waals surface area contributed by atoms with Gasteiger partial charge in [0.1, 0.15) is 5.69 Å². The number of nitrogens with one attached hydrogen (secondary N) is 1. The fourth-order valence-electron chi connectivity index (χ4n) is 3.60. The molecule has 1 fully saturated rings. The summed E-state index contributed by atoms with van der Waals surface area (Å²) in [6.07, 6.45) is 2.64. The van der Waals surface area contributed by atoms with Crippen LogP contribution in [0.2, 0.25) is 0 Å². The lowest BCUT2D eigenvalue weighted by molar-refractivity contribution is 0.102. The summed E-state index contributed by atoms with van der Waals surface area (Å²) in [4.78, 5) is 21.2. The predicted molar refractivity (Wildman–Crippen MR) is 117 cm³/mol. The molecule has 0 bridgehead atoms. The van der Waals surface area contributed by atoms with Crippen molar-refractivity contribution in [3.05, 3.63) is 90.3 Å². The Kier molecular flexibility index (Phi) is 6.17. The van der Waals surface area contributed by atoms with Crippen molar-refractivity contribution in [1.82, 2.24) is 9.88 Å². The summed E-state index contributed by atoms with van der Waals surface area (Å²) in [7, 11) is 0. The maximum Gasteiger partial charge on any atom is 0.274 e. The fourth-order valence-corrected chi connectivity index (χ4v) is 3.60. The number of anilines is 2. The van der Waals surface area contributed by atoms with Crippen LogP contribution in [0.5, 0.6) is 0 Å². The molecule has 1 aliphatic heterocycles. The molecule has 148 valence electrons. The number of rotatable bonds is 6. The molecule has 0 spiro atoms. The molecule has 1 amide bonds. The first-order valence-corrected chi connectivity index (χ1v) is 10.1. The molecule has 0 aliphatic carbocycles. The maximum absolute atomic E-state index is 12.2. The van der Waals surface area contributed by atoms with E-state index in [2.05, 4.69) is 62.6 Å². The molecular formula is C24H26N4O. The van der Waals surface area contributed by atoms with Gasteiger partial charge in [-0.2, -0.15) is 0 Å². The minimum absolute atomic E-state index is 0.186. The second-order valence-electron chi connectivity index (χ2n) is 7.28. The molecule has 4 rings (SSSR count). The molecular weight excluding hydrogens is 360 g/mol. The van der Waals surface area contributed by atoms with E-state index in [1.165, 1.54) is 11.3 Å². The molecule has 1 aromatic heterocycles. The number of para-hydroxylation sites is 1. The van der Waals surface area contributed by atoms with Gasteiger partial charge in [-0.3, -0.25) is 14.7 Å². The molecule has 2 aromatic carbocycles. The standard InChI is InChI=1S/C24H26N4O/c29-24(23-8-4-5-14-25-23)26-21-11-9-20(10-12-21)13-15-27-16-18-28(19-17-27)22-6-2-1-3-7-22/h1-12,14H,13,15-19H2,(H,26,29). The Bertz CT molecular complexity index is 905. The molecule has 2 heterocycles. The molecule has 0 saturated carbocycles. The van der Waals surface area contributed by atoms with Crippen LogP contribution in [0.4, 0.5) is 11.4 Å². The van der Waals surface area contributed by atoms with E-state index >= 15 is 0 Å². The van der Waals surface area contributed by atoms with E-state index in [-0.39, 0.29) is 5.91 Å². The Morgan fingerprint density at radius 3 is 2.28 bits per heavy atom. The first-order valence-electron chi connectivity index (χ1n) is 10.1. The van der Waals surface area contributed by atoms with E-state index in [1.54, 1.807) is 18.3 Å². The Hall–Kier alpha value is -3.18. The highest BCUT2D eigenvalue weighted by molar-refractivity contribution is 6.02. The van der Waals surface area contributed by atoms with E-state index < -0.39 is 0 Å². The normalized spacial score (nSPS) is 14.6. The molecule has 0 radical (unpaired) electrons. The number of benzene rings is 2. The van der Waals surface area contributed by atoms with Crippen molar-refractivity contribution < 1.29 is 4.79 Å². The summed E-state index contributed by atoms with van der Waals surface area (Å²) in [5, 5.41) is 2.89. The van der Waals surface area contributed by atoms with Crippen LogP contribution in [0.1, 0.15) is 16.1 Å². The van der Waals surface area contributed by atoms with Crippen molar-refractivity contribution in [1.29, 1.82) is 0 Å². The van der Waals surface area contributed by atoms with E-state index in [9.17, 15) is 4.79 Å². The van der Waals surface area contributed by atoms with Crippen LogP contribution in [0.25, 0.3) is 0 Å². The van der Waals surface area contributed by atoms with Crippen molar-refractivity contribution in [2.75, 3.05) is 42.9 Å². The minimum atomic E-state index is -0.186. The van der Waals surface area contributed by atoms with Crippen LogP contribution in [0, 0.1) is 0 Å². The molecule has 1 N–H and O–H groups in total. The SMILES string of the molecule is O=C(Nc1ccc(CCN2CCN(c3ccccc3)CC2)cc1)c1ccccn1. The number of aromatic nitrogens is 1. The monoisotopic (exact) mass is 386 g/mol. The first kappa shape index (κ1) is 19.2. The quantitative estimate of drug-likeness (QED) is 0.702. The second kappa shape index (κ2) is 9.34. The van der Waals surface area contributed by atoms with E-state index in [4.69, 9.17) is 0 Å². The van der Waals surface area contributed by atoms with Crippen molar-refractivity contribution in [3.63, 3.8) is 0 Å². The Balaban J connectivity index is 1.23. The molecule has 3 aromatic rings. The number of hydrogen-bond donors (Lipinski definition) is 1. The molecule has 5 nitrogen and oxygen atoms in total. The summed E-state index contributed by atoms with van der Waals surface area (Å²) < 4.78 is 0. The van der Waals surface area contributed by atoms with Crippen LogP contribution in [-0.4, -0.2) is 48.5 Å². The van der Waals surface area contributed by atoms with Gasteiger partial charge < -0.3 is 10.2 Å². The smallest absolute Gasteiger partial charge is 0.274 e. The zero-order chi connectivity index (χ0) is 19.9. The van der Waals surface area contributed by atoms with Crippen molar-refractivity contribution in [3.8, 4) is 0 Å². The lowest BCUT2D eigenvalue weighted by Crippen LogP contribution is -2.46. The van der Waals surface area contributed by atoms with Gasteiger partial charge in [-0.25, -0.2) is 0 Å². The van der Waals surface area contributed by atoms with Crippen LogP contribution < -0.4 is 10.2 Å². The lowest BCUT2D eigenvalue weighted by Gasteiger charge is -2.36. The summed E-state index contributed by atoms with van der Waals surface area (Å²) in [6.45, 7) is 5.38. The van der Waals surface area contributed by atoms with Gasteiger partial charge in [-0.05, 0) is 48.4 Å². The van der Waals surface area contributed by atoms with Gasteiger partial charge in [0.15, 0.2) is 0 Å². The third-order valence-electron chi connectivity index (χ3n) is 5.32. The highest BCUT2D eigenvalue weighted by Gasteiger charge is 2.16. The number of piperazine rings is 1. The van der Waals surface area contributed by atoms with Gasteiger partial charge in [-0.15, -0.1) is 0 Å². The van der Waals surface area contributed by atoms with Gasteiger partial charge in [0.25, 0.3) is 5.91 Å². The number of carbonyl (C=O) groups excluding carboxylic acids is 1. The summed E-state index contributed by atoms with van der Waals surface area (Å²) >= 11 is 0. The summed E-state index contributed by atoms with van der Waals surface area (Å²) in [5.41, 5.74) is 3.81. The Morgan fingerprint density at radius 1 is 0.862 bits per heavy atom. The molecule has 0 unspecified atom stereocenters. The fraction of sp³-hybridized carbons (Fsp3) is 0.250. The third kappa shape index (κ3) is 5.21. The average molecular weight is 386 g/mol. The summed E-state index contributed by atoms with van der Waals surface area (Å²) in [5.74, 6) is -0.186. The Morgan fingerprint density at radius 2 is 1.59 bits per heavy atom. The van der Waals surface area contributed by atoms with Crippen LogP contribution in [-0.2, 0) is 6.42 Å². The van der Waals surface area contributed by atoms with Crippen LogP contribution >= 0.6 is 0 Å². The number of hydrogen-bond acceptors (Lipinski definition) is 4. The van der Waals surface area contributed by atoms with Crippen molar-refractivity contribution >= 4 is 17.3 Å². The van der Waals surface area contributed by atoms with E-state index in [0.29, 0.717) is 5.69 Å².